The number of nitrogens with one attached hydrogen (secondary N) is 1. The van der Waals surface area contributed by atoms with Gasteiger partial charge < -0.3 is 28.9 Å². The van der Waals surface area contributed by atoms with Gasteiger partial charge in [0.15, 0.2) is 6.67 Å². The first-order chi connectivity index (χ1) is 17.8. The summed E-state index contributed by atoms with van der Waals surface area (Å²) in [6.07, 6.45) is 3.86. The van der Waals surface area contributed by atoms with Gasteiger partial charge >= 0.3 is 35.8 Å². The molecule has 0 radical (unpaired) electrons. The Hall–Kier alpha value is -0.680. The number of halogens is 14. The molecule has 1 rings (SSSR count). The number of rotatable bonds is 19. The van der Waals surface area contributed by atoms with Gasteiger partial charge in [-0.05, 0) is 19.3 Å². The lowest BCUT2D eigenvalue weighted by Gasteiger charge is -2.39. The fourth-order valence-electron chi connectivity index (χ4n) is 4.20. The van der Waals surface area contributed by atoms with Gasteiger partial charge in [0.25, 0.3) is 0 Å². The van der Waals surface area contributed by atoms with Crippen molar-refractivity contribution >= 4 is 0 Å². The van der Waals surface area contributed by atoms with Crippen LogP contribution in [0.5, 0.6) is 0 Å². The standard InChI is InChI=1S/C24H35F13N2.HI/c1-2-3-4-5-6-7-8-9-10-11-14-38-16-17-39(18-38)15-12-13-19(25,26)20(27,28)21(29,30)22(31,32)23(33,34)24(35,36)37;/h16-17H,2-15,18H2,1H3;1H. The lowest BCUT2D eigenvalue weighted by Crippen LogP contribution is -3.07. The van der Waals surface area contributed by atoms with Gasteiger partial charge in [0, 0.05) is 13.0 Å². The molecule has 1 aliphatic rings. The van der Waals surface area contributed by atoms with Crippen LogP contribution in [0.1, 0.15) is 84.0 Å². The van der Waals surface area contributed by atoms with Crippen LogP contribution < -0.4 is 28.9 Å². The summed E-state index contributed by atoms with van der Waals surface area (Å²) in [5.41, 5.74) is 0. The Morgan fingerprint density at radius 1 is 0.600 bits per heavy atom. The van der Waals surface area contributed by atoms with Crippen LogP contribution in [0.15, 0.2) is 12.4 Å². The van der Waals surface area contributed by atoms with Crippen molar-refractivity contribution in [2.75, 3.05) is 19.8 Å². The van der Waals surface area contributed by atoms with Crippen LogP contribution in [0.25, 0.3) is 0 Å². The molecule has 1 unspecified atom stereocenters. The molecular weight excluding hydrogens is 690 g/mol. The molecule has 16 heteroatoms. The maximum Gasteiger partial charge on any atom is 0.460 e. The van der Waals surface area contributed by atoms with E-state index in [4.69, 9.17) is 0 Å². The maximum atomic E-state index is 13.9. The van der Waals surface area contributed by atoms with Gasteiger partial charge in [-0.2, -0.15) is 57.1 Å². The Balaban J connectivity index is 0.0000152. The van der Waals surface area contributed by atoms with Gasteiger partial charge in [-0.15, -0.1) is 0 Å². The van der Waals surface area contributed by atoms with Crippen LogP contribution in [0, 0.1) is 0 Å². The predicted molar refractivity (Wildman–Crippen MR) is 118 cm³/mol. The normalized spacial score (nSPS) is 17.4. The maximum absolute atomic E-state index is 13.9. The monoisotopic (exact) mass is 726 g/mol. The summed E-state index contributed by atoms with van der Waals surface area (Å²) in [5, 5.41) is 0. The van der Waals surface area contributed by atoms with Crippen LogP contribution in [0.3, 0.4) is 0 Å². The number of unbranched alkanes of at least 4 members (excludes halogenated alkanes) is 9. The molecule has 240 valence electrons. The molecule has 0 amide bonds. The summed E-state index contributed by atoms with van der Waals surface area (Å²) in [4.78, 5) is 2.30. The number of hydrogen-bond donors (Lipinski definition) is 1. The highest BCUT2D eigenvalue weighted by molar-refractivity contribution is 5.10. The number of hydrogen-bond acceptors (Lipinski definition) is 1. The van der Waals surface area contributed by atoms with E-state index in [1.54, 1.807) is 6.20 Å². The molecule has 1 heterocycles. The fourth-order valence-corrected chi connectivity index (χ4v) is 4.20. The van der Waals surface area contributed by atoms with Gasteiger partial charge in [-0.25, -0.2) is 0 Å². The quantitative estimate of drug-likeness (QED) is 0.111. The predicted octanol–water partition coefficient (Wildman–Crippen LogP) is 5.06. The highest BCUT2D eigenvalue weighted by Gasteiger charge is 2.90. The van der Waals surface area contributed by atoms with E-state index in [0.717, 1.165) is 37.0 Å². The molecule has 0 fully saturated rings. The first-order valence-corrected chi connectivity index (χ1v) is 13.0. The minimum atomic E-state index is -7.85. The van der Waals surface area contributed by atoms with E-state index in [1.165, 1.54) is 43.2 Å². The van der Waals surface area contributed by atoms with Crippen LogP contribution >= 0.6 is 0 Å². The van der Waals surface area contributed by atoms with Crippen molar-refractivity contribution in [1.29, 1.82) is 0 Å². The van der Waals surface area contributed by atoms with Crippen LogP contribution in [-0.4, -0.2) is 60.4 Å². The second-order valence-electron chi connectivity index (χ2n) is 9.98. The highest BCUT2D eigenvalue weighted by Crippen LogP contribution is 2.60. The molecule has 40 heavy (non-hydrogen) atoms. The Bertz CT molecular complexity index is 758. The molecule has 1 aliphatic heterocycles. The zero-order chi connectivity index (χ0) is 30.2. The Labute approximate surface area is 242 Å². The Kier molecular flexibility index (Phi) is 15.4. The molecule has 0 aromatic carbocycles. The van der Waals surface area contributed by atoms with E-state index < -0.39 is 48.6 Å². The van der Waals surface area contributed by atoms with Crippen molar-refractivity contribution in [1.82, 2.24) is 4.90 Å². The molecule has 0 bridgehead atoms. The van der Waals surface area contributed by atoms with Crippen molar-refractivity contribution < 1.29 is 86.0 Å². The molecule has 1 atom stereocenters. The van der Waals surface area contributed by atoms with Crippen molar-refractivity contribution in [3.05, 3.63) is 12.4 Å². The molecule has 0 aliphatic carbocycles. The van der Waals surface area contributed by atoms with Crippen molar-refractivity contribution in [2.24, 2.45) is 0 Å². The molecule has 0 saturated carbocycles. The van der Waals surface area contributed by atoms with E-state index in [-0.39, 0.29) is 37.2 Å². The second kappa shape index (κ2) is 15.7. The third-order valence-corrected chi connectivity index (χ3v) is 6.71. The van der Waals surface area contributed by atoms with Gasteiger partial charge in [0.1, 0.15) is 6.20 Å². The molecule has 0 saturated heterocycles. The summed E-state index contributed by atoms with van der Waals surface area (Å²) in [5.74, 6) is -36.5. The van der Waals surface area contributed by atoms with E-state index >= 15 is 0 Å². The first kappa shape index (κ1) is 39.3. The zero-order valence-corrected chi connectivity index (χ0v) is 24.2. The smallest absolute Gasteiger partial charge is 0.460 e. The average Bonchev–Trinajstić information content (AvgIpc) is 3.26. The lowest BCUT2D eigenvalue weighted by atomic mass is 9.92. The van der Waals surface area contributed by atoms with Crippen molar-refractivity contribution in [3.63, 3.8) is 0 Å². The summed E-state index contributed by atoms with van der Waals surface area (Å²) >= 11 is 0. The Morgan fingerprint density at radius 3 is 1.52 bits per heavy atom. The van der Waals surface area contributed by atoms with Crippen LogP contribution in [0.4, 0.5) is 57.1 Å². The molecule has 2 nitrogen and oxygen atoms in total. The molecule has 0 aromatic rings. The van der Waals surface area contributed by atoms with Crippen molar-refractivity contribution in [2.45, 2.75) is 120 Å². The fraction of sp³-hybridized carbons (Fsp3) is 0.917. The van der Waals surface area contributed by atoms with Gasteiger partial charge in [-0.1, -0.05) is 58.3 Å². The Morgan fingerprint density at radius 2 is 1.05 bits per heavy atom. The number of alkyl halides is 13. The third kappa shape index (κ3) is 9.41. The molecule has 1 N–H and O–H groups in total. The lowest BCUT2D eigenvalue weighted by molar-refractivity contribution is -0.849. The van der Waals surface area contributed by atoms with Crippen LogP contribution in [0.2, 0.25) is 0 Å². The minimum absolute atomic E-state index is 0. The van der Waals surface area contributed by atoms with E-state index in [9.17, 15) is 57.1 Å². The third-order valence-electron chi connectivity index (χ3n) is 6.71. The van der Waals surface area contributed by atoms with Crippen molar-refractivity contribution in [3.8, 4) is 0 Å². The highest BCUT2D eigenvalue weighted by atomic mass is 127. The second-order valence-corrected chi connectivity index (χ2v) is 9.98. The molecule has 0 aromatic heterocycles. The minimum Gasteiger partial charge on any atom is -1.00 e. The summed E-state index contributed by atoms with van der Waals surface area (Å²) < 4.78 is 171. The summed E-state index contributed by atoms with van der Waals surface area (Å²) in [7, 11) is 0. The largest absolute Gasteiger partial charge is 1.00 e. The van der Waals surface area contributed by atoms with E-state index in [1.807, 2.05) is 0 Å². The van der Waals surface area contributed by atoms with Gasteiger partial charge in [0.2, 0.25) is 0 Å². The molecular formula is C24H36F13IN2. The van der Waals surface area contributed by atoms with Gasteiger partial charge in [-0.3, -0.25) is 4.90 Å². The topological polar surface area (TPSA) is 7.68 Å². The SMILES string of the molecule is CCCCCCCCCCCC[NH+]1C=CN(CCCC(F)(F)C(F)(F)C(F)(F)C(F)(F)C(F)(F)C(F)(F)F)C1.[I-]. The van der Waals surface area contributed by atoms with E-state index in [2.05, 4.69) is 6.92 Å². The van der Waals surface area contributed by atoms with Crippen LogP contribution in [-0.2, 0) is 0 Å². The first-order valence-electron chi connectivity index (χ1n) is 13.0. The van der Waals surface area contributed by atoms with Gasteiger partial charge in [0.05, 0.1) is 12.7 Å². The number of quaternary nitrogens is 1. The van der Waals surface area contributed by atoms with E-state index in [0.29, 0.717) is 6.54 Å². The zero-order valence-electron chi connectivity index (χ0n) is 22.0. The average molecular weight is 726 g/mol. The summed E-state index contributed by atoms with van der Waals surface area (Å²) in [6.45, 7) is 2.69. The summed E-state index contributed by atoms with van der Waals surface area (Å²) in [6, 6.07) is 0. The number of nitrogens with zero attached hydrogens (tertiary/aromatic N) is 1. The molecule has 0 spiro atoms.